The maximum Gasteiger partial charge on any atom is 0.289 e. The molecule has 1 saturated heterocycles. The van der Waals surface area contributed by atoms with Gasteiger partial charge in [0.1, 0.15) is 0 Å². The Hall–Kier alpha value is -3.13. The van der Waals surface area contributed by atoms with Crippen LogP contribution >= 0.6 is 0 Å². The first kappa shape index (κ1) is 21.6. The van der Waals surface area contributed by atoms with Crippen LogP contribution in [0.1, 0.15) is 21.7 Å². The van der Waals surface area contributed by atoms with Crippen LogP contribution in [0.2, 0.25) is 0 Å². The summed E-state index contributed by atoms with van der Waals surface area (Å²) < 4.78 is 5.09. The number of para-hydroxylation sites is 1. The molecular weight excluding hydrogens is 384 g/mol. The van der Waals surface area contributed by atoms with Crippen LogP contribution in [0.5, 0.6) is 0 Å². The van der Waals surface area contributed by atoms with E-state index in [1.54, 1.807) is 24.1 Å². The number of hydrogen-bond donors (Lipinski definition) is 1. The summed E-state index contributed by atoms with van der Waals surface area (Å²) in [6, 6.07) is 9.13. The van der Waals surface area contributed by atoms with E-state index in [1.165, 1.54) is 11.2 Å². The predicted octanol–water partition coefficient (Wildman–Crippen LogP) is 1.75. The van der Waals surface area contributed by atoms with Crippen molar-refractivity contribution >= 4 is 23.4 Å². The zero-order valence-corrected chi connectivity index (χ0v) is 17.7. The Labute approximate surface area is 176 Å². The molecule has 3 rings (SSSR count). The van der Waals surface area contributed by atoms with E-state index in [4.69, 9.17) is 4.42 Å². The Morgan fingerprint density at radius 1 is 1.03 bits per heavy atom. The normalized spacial score (nSPS) is 14.4. The summed E-state index contributed by atoms with van der Waals surface area (Å²) in [4.78, 5) is 42.3. The van der Waals surface area contributed by atoms with E-state index in [1.807, 2.05) is 36.9 Å². The Morgan fingerprint density at radius 2 is 1.70 bits per heavy atom. The molecule has 1 aliphatic rings. The molecular formula is C22H28N4O4. The van der Waals surface area contributed by atoms with Crippen molar-refractivity contribution < 1.29 is 18.8 Å². The van der Waals surface area contributed by atoms with E-state index >= 15 is 0 Å². The number of carbonyl (C=O) groups is 3. The molecule has 1 N–H and O–H groups in total. The van der Waals surface area contributed by atoms with Crippen molar-refractivity contribution in [1.29, 1.82) is 0 Å². The standard InChI is InChI=1S/C22H28N4O4/c1-16-6-4-7-17(2)21(16)23-19(27)14-25-9-11-26(12-10-25)20(28)15-24(3)22(29)18-8-5-13-30-18/h4-8,13H,9-12,14-15H2,1-3H3,(H,23,27). The molecule has 160 valence electrons. The molecule has 0 aliphatic carbocycles. The van der Waals surface area contributed by atoms with E-state index in [0.29, 0.717) is 26.2 Å². The monoisotopic (exact) mass is 412 g/mol. The highest BCUT2D eigenvalue weighted by Gasteiger charge is 2.25. The first-order chi connectivity index (χ1) is 14.3. The van der Waals surface area contributed by atoms with Crippen molar-refractivity contribution in [2.24, 2.45) is 0 Å². The summed E-state index contributed by atoms with van der Waals surface area (Å²) in [5.74, 6) is -0.284. The van der Waals surface area contributed by atoms with E-state index < -0.39 is 0 Å². The van der Waals surface area contributed by atoms with Gasteiger partial charge >= 0.3 is 0 Å². The largest absolute Gasteiger partial charge is 0.459 e. The van der Waals surface area contributed by atoms with Gasteiger partial charge in [-0.1, -0.05) is 18.2 Å². The zero-order valence-electron chi connectivity index (χ0n) is 17.7. The third-order valence-corrected chi connectivity index (χ3v) is 5.29. The number of anilines is 1. The minimum atomic E-state index is -0.324. The highest BCUT2D eigenvalue weighted by Crippen LogP contribution is 2.19. The second kappa shape index (κ2) is 9.58. The van der Waals surface area contributed by atoms with Crippen molar-refractivity contribution in [1.82, 2.24) is 14.7 Å². The number of aryl methyl sites for hydroxylation is 2. The smallest absolute Gasteiger partial charge is 0.289 e. The van der Waals surface area contributed by atoms with Gasteiger partial charge in [0.25, 0.3) is 5.91 Å². The van der Waals surface area contributed by atoms with Gasteiger partial charge in [-0.25, -0.2) is 0 Å². The molecule has 0 saturated carbocycles. The van der Waals surface area contributed by atoms with Crippen LogP contribution in [0.3, 0.4) is 0 Å². The van der Waals surface area contributed by atoms with Gasteiger partial charge < -0.3 is 19.5 Å². The van der Waals surface area contributed by atoms with Gasteiger partial charge in [-0.2, -0.15) is 0 Å². The van der Waals surface area contributed by atoms with Crippen LogP contribution in [0.25, 0.3) is 0 Å². The maximum atomic E-state index is 12.5. The highest BCUT2D eigenvalue weighted by atomic mass is 16.3. The molecule has 1 aliphatic heterocycles. The average Bonchev–Trinajstić information content (AvgIpc) is 3.25. The fraction of sp³-hybridized carbons (Fsp3) is 0.409. The van der Waals surface area contributed by atoms with Crippen molar-refractivity contribution in [3.63, 3.8) is 0 Å². The first-order valence-electron chi connectivity index (χ1n) is 10.0. The fourth-order valence-corrected chi connectivity index (χ4v) is 3.51. The zero-order chi connectivity index (χ0) is 21.7. The number of carbonyl (C=O) groups excluding carboxylic acids is 3. The minimum Gasteiger partial charge on any atom is -0.459 e. The molecule has 0 unspecified atom stereocenters. The fourth-order valence-electron chi connectivity index (χ4n) is 3.51. The van der Waals surface area contributed by atoms with E-state index in [9.17, 15) is 14.4 Å². The van der Waals surface area contributed by atoms with Crippen molar-refractivity contribution in [3.8, 4) is 0 Å². The number of amides is 3. The Balaban J connectivity index is 1.44. The van der Waals surface area contributed by atoms with Crippen molar-refractivity contribution in [2.45, 2.75) is 13.8 Å². The van der Waals surface area contributed by atoms with Gasteiger partial charge in [0.05, 0.1) is 19.4 Å². The number of rotatable bonds is 6. The van der Waals surface area contributed by atoms with Crippen LogP contribution in [0.4, 0.5) is 5.69 Å². The summed E-state index contributed by atoms with van der Waals surface area (Å²) in [6.07, 6.45) is 1.43. The lowest BCUT2D eigenvalue weighted by molar-refractivity contribution is -0.133. The van der Waals surface area contributed by atoms with Crippen LogP contribution < -0.4 is 5.32 Å². The van der Waals surface area contributed by atoms with Gasteiger partial charge in [0.2, 0.25) is 11.8 Å². The highest BCUT2D eigenvalue weighted by molar-refractivity contribution is 5.94. The number of piperazine rings is 1. The van der Waals surface area contributed by atoms with Crippen LogP contribution in [-0.2, 0) is 9.59 Å². The lowest BCUT2D eigenvalue weighted by Gasteiger charge is -2.35. The molecule has 8 nitrogen and oxygen atoms in total. The molecule has 2 aromatic rings. The first-order valence-corrected chi connectivity index (χ1v) is 10.0. The average molecular weight is 412 g/mol. The summed E-state index contributed by atoms with van der Waals surface area (Å²) in [7, 11) is 1.58. The van der Waals surface area contributed by atoms with Crippen molar-refractivity contribution in [3.05, 3.63) is 53.5 Å². The number of furan rings is 1. The van der Waals surface area contributed by atoms with Crippen LogP contribution in [-0.4, -0.2) is 78.7 Å². The molecule has 0 radical (unpaired) electrons. The number of likely N-dealkylation sites (N-methyl/N-ethyl adjacent to an activating group) is 1. The molecule has 0 spiro atoms. The maximum absolute atomic E-state index is 12.5. The number of nitrogens with zero attached hydrogens (tertiary/aromatic N) is 3. The summed E-state index contributed by atoms with van der Waals surface area (Å²) >= 11 is 0. The Morgan fingerprint density at radius 3 is 2.30 bits per heavy atom. The number of hydrogen-bond acceptors (Lipinski definition) is 5. The van der Waals surface area contributed by atoms with E-state index in [-0.39, 0.29) is 36.6 Å². The summed E-state index contributed by atoms with van der Waals surface area (Å²) in [5, 5.41) is 3.00. The van der Waals surface area contributed by atoms with Crippen LogP contribution in [0.15, 0.2) is 41.0 Å². The predicted molar refractivity (Wildman–Crippen MR) is 113 cm³/mol. The third kappa shape index (κ3) is 5.27. The van der Waals surface area contributed by atoms with Gasteiger partial charge in [0, 0.05) is 38.9 Å². The van der Waals surface area contributed by atoms with E-state index in [2.05, 4.69) is 5.32 Å². The molecule has 1 aromatic carbocycles. The topological polar surface area (TPSA) is 86.1 Å². The van der Waals surface area contributed by atoms with Gasteiger partial charge in [0.15, 0.2) is 5.76 Å². The number of nitrogens with one attached hydrogen (secondary N) is 1. The summed E-state index contributed by atoms with van der Waals surface area (Å²) in [6.45, 7) is 6.50. The second-order valence-corrected chi connectivity index (χ2v) is 7.61. The molecule has 0 atom stereocenters. The lowest BCUT2D eigenvalue weighted by Crippen LogP contribution is -2.52. The molecule has 30 heavy (non-hydrogen) atoms. The second-order valence-electron chi connectivity index (χ2n) is 7.61. The Kier molecular flexibility index (Phi) is 6.89. The quantitative estimate of drug-likeness (QED) is 0.781. The number of benzene rings is 1. The summed E-state index contributed by atoms with van der Waals surface area (Å²) in [5.41, 5.74) is 2.93. The Bertz CT molecular complexity index is 882. The van der Waals surface area contributed by atoms with Crippen molar-refractivity contribution in [2.75, 3.05) is 51.6 Å². The molecule has 0 bridgehead atoms. The van der Waals surface area contributed by atoms with Gasteiger partial charge in [-0.3, -0.25) is 19.3 Å². The molecule has 8 heteroatoms. The van der Waals surface area contributed by atoms with Crippen LogP contribution in [0, 0.1) is 13.8 Å². The van der Waals surface area contributed by atoms with E-state index in [0.717, 1.165) is 16.8 Å². The van der Waals surface area contributed by atoms with Gasteiger partial charge in [-0.15, -0.1) is 0 Å². The molecule has 1 aromatic heterocycles. The molecule has 1 fully saturated rings. The van der Waals surface area contributed by atoms with Gasteiger partial charge in [-0.05, 0) is 37.1 Å². The SMILES string of the molecule is Cc1cccc(C)c1NC(=O)CN1CCN(C(=O)CN(C)C(=O)c2ccco2)CC1. The lowest BCUT2D eigenvalue weighted by atomic mass is 10.1. The molecule has 3 amide bonds. The third-order valence-electron chi connectivity index (χ3n) is 5.29. The minimum absolute atomic E-state index is 0.00736. The molecule has 2 heterocycles.